The van der Waals surface area contributed by atoms with Gasteiger partial charge in [-0.2, -0.15) is 0 Å². The molecule has 3 nitrogen and oxygen atoms in total. The van der Waals surface area contributed by atoms with Gasteiger partial charge in [0.1, 0.15) is 0 Å². The van der Waals surface area contributed by atoms with Crippen LogP contribution in [0.15, 0.2) is 24.3 Å². The first-order valence-electron chi connectivity index (χ1n) is 5.04. The first-order chi connectivity index (χ1) is 8.52. The maximum atomic E-state index is 9.09. The number of aromatic nitrogens is 1. The first-order valence-corrected chi connectivity index (χ1v) is 6.17. The van der Waals surface area contributed by atoms with Crippen LogP contribution in [-0.2, 0) is 6.61 Å². The molecule has 0 unspecified atom stereocenters. The molecule has 0 saturated carbocycles. The monoisotopic (exact) mass is 302 g/mol. The third-order valence-corrected chi connectivity index (χ3v) is 3.41. The summed E-state index contributed by atoms with van der Waals surface area (Å²) in [5.41, 5.74) is 7.78. The topological polar surface area (TPSA) is 59.1 Å². The number of hydrogen-bond donors (Lipinski definition) is 2. The average Bonchev–Trinajstić information content (AvgIpc) is 2.34. The molecule has 1 aromatic carbocycles. The smallest absolute Gasteiger partial charge is 0.0951 e. The van der Waals surface area contributed by atoms with Crippen molar-refractivity contribution in [3.63, 3.8) is 0 Å². The molecule has 0 aliphatic rings. The normalized spacial score (nSPS) is 10.7. The van der Waals surface area contributed by atoms with Crippen LogP contribution < -0.4 is 5.73 Å². The predicted octanol–water partition coefficient (Wildman–Crippen LogP) is 3.78. The summed E-state index contributed by atoms with van der Waals surface area (Å²) in [6.45, 7) is -0.181. The van der Waals surface area contributed by atoms with Crippen LogP contribution in [0.5, 0.6) is 0 Å². The Balaban J connectivity index is 2.68. The highest BCUT2D eigenvalue weighted by Gasteiger charge is 2.13. The van der Waals surface area contributed by atoms with Gasteiger partial charge in [0, 0.05) is 10.6 Å². The SMILES string of the molecule is Nc1ccc(CO)nc1-c1cc(Cl)cc(Cl)c1Cl. The lowest BCUT2D eigenvalue weighted by molar-refractivity contribution is 0.277. The Labute approximate surface area is 119 Å². The molecular weight excluding hydrogens is 295 g/mol. The Hall–Kier alpha value is -1.000. The Morgan fingerprint density at radius 1 is 1.17 bits per heavy atom. The standard InChI is InChI=1S/C12H9Cl3N2O/c13-6-3-8(11(15)9(14)4-6)12-10(16)2-1-7(5-18)17-12/h1-4,18H,5,16H2. The second kappa shape index (κ2) is 5.33. The van der Waals surface area contributed by atoms with E-state index in [1.807, 2.05) is 0 Å². The van der Waals surface area contributed by atoms with Crippen LogP contribution in [-0.4, -0.2) is 10.1 Å². The fourth-order valence-electron chi connectivity index (χ4n) is 1.54. The van der Waals surface area contributed by atoms with Gasteiger partial charge < -0.3 is 10.8 Å². The third kappa shape index (κ3) is 2.54. The van der Waals surface area contributed by atoms with E-state index in [2.05, 4.69) is 4.98 Å². The van der Waals surface area contributed by atoms with E-state index in [-0.39, 0.29) is 6.61 Å². The molecule has 0 amide bonds. The van der Waals surface area contributed by atoms with Gasteiger partial charge in [-0.25, -0.2) is 4.98 Å². The zero-order chi connectivity index (χ0) is 13.3. The molecule has 0 aliphatic carbocycles. The van der Waals surface area contributed by atoms with Crippen LogP contribution >= 0.6 is 34.8 Å². The number of hydrogen-bond acceptors (Lipinski definition) is 3. The number of nitrogens with two attached hydrogens (primary N) is 1. The minimum Gasteiger partial charge on any atom is -0.397 e. The molecule has 1 aromatic heterocycles. The zero-order valence-electron chi connectivity index (χ0n) is 9.12. The summed E-state index contributed by atoms with van der Waals surface area (Å²) in [4.78, 5) is 4.23. The Kier molecular flexibility index (Phi) is 3.97. The van der Waals surface area contributed by atoms with Crippen LogP contribution in [0.1, 0.15) is 5.69 Å². The summed E-state index contributed by atoms with van der Waals surface area (Å²) in [7, 11) is 0. The summed E-state index contributed by atoms with van der Waals surface area (Å²) in [5.74, 6) is 0. The maximum absolute atomic E-state index is 9.09. The lowest BCUT2D eigenvalue weighted by Crippen LogP contribution is -1.98. The molecule has 0 aliphatic heterocycles. The van der Waals surface area contributed by atoms with Crippen molar-refractivity contribution in [2.45, 2.75) is 6.61 Å². The van der Waals surface area contributed by atoms with Crippen molar-refractivity contribution in [2.24, 2.45) is 0 Å². The van der Waals surface area contributed by atoms with Crippen molar-refractivity contribution < 1.29 is 5.11 Å². The summed E-state index contributed by atoms with van der Waals surface area (Å²) in [6.07, 6.45) is 0. The number of aliphatic hydroxyl groups is 1. The molecule has 1 heterocycles. The van der Waals surface area contributed by atoms with E-state index >= 15 is 0 Å². The number of nitrogen functional groups attached to an aromatic ring is 1. The molecule has 3 N–H and O–H groups in total. The highest BCUT2D eigenvalue weighted by molar-refractivity contribution is 6.45. The van der Waals surface area contributed by atoms with E-state index in [0.29, 0.717) is 37.7 Å². The van der Waals surface area contributed by atoms with E-state index in [1.54, 1.807) is 24.3 Å². The minimum absolute atomic E-state index is 0.181. The van der Waals surface area contributed by atoms with E-state index in [9.17, 15) is 0 Å². The number of halogens is 3. The summed E-state index contributed by atoms with van der Waals surface area (Å²) in [6, 6.07) is 6.47. The lowest BCUT2D eigenvalue weighted by Gasteiger charge is -2.10. The number of rotatable bonds is 2. The quantitative estimate of drug-likeness (QED) is 0.830. The molecule has 0 bridgehead atoms. The fraction of sp³-hybridized carbons (Fsp3) is 0.0833. The van der Waals surface area contributed by atoms with Crippen molar-refractivity contribution in [2.75, 3.05) is 5.73 Å². The number of anilines is 1. The highest BCUT2D eigenvalue weighted by atomic mass is 35.5. The Bertz CT molecular complexity index is 602. The third-order valence-electron chi connectivity index (χ3n) is 2.39. The molecule has 0 fully saturated rings. The molecule has 6 heteroatoms. The van der Waals surface area contributed by atoms with Gasteiger partial charge in [-0.3, -0.25) is 0 Å². The molecule has 0 saturated heterocycles. The van der Waals surface area contributed by atoms with Crippen molar-refractivity contribution >= 4 is 40.5 Å². The van der Waals surface area contributed by atoms with Gasteiger partial charge in [-0.1, -0.05) is 34.8 Å². The van der Waals surface area contributed by atoms with E-state index in [1.165, 1.54) is 0 Å². The minimum atomic E-state index is -0.181. The lowest BCUT2D eigenvalue weighted by atomic mass is 10.1. The van der Waals surface area contributed by atoms with Gasteiger partial charge in [-0.05, 0) is 24.3 Å². The van der Waals surface area contributed by atoms with Crippen molar-refractivity contribution in [1.29, 1.82) is 0 Å². The molecule has 0 radical (unpaired) electrons. The summed E-state index contributed by atoms with van der Waals surface area (Å²) in [5, 5.41) is 10.2. The van der Waals surface area contributed by atoms with Crippen LogP contribution in [0.2, 0.25) is 15.1 Å². The number of nitrogens with zero attached hydrogens (tertiary/aromatic N) is 1. The molecule has 18 heavy (non-hydrogen) atoms. The molecule has 2 rings (SSSR count). The van der Waals surface area contributed by atoms with Crippen LogP contribution in [0.3, 0.4) is 0 Å². The van der Waals surface area contributed by atoms with Crippen molar-refractivity contribution in [3.05, 3.63) is 45.0 Å². The van der Waals surface area contributed by atoms with E-state index in [4.69, 9.17) is 45.6 Å². The average molecular weight is 304 g/mol. The Morgan fingerprint density at radius 2 is 1.89 bits per heavy atom. The van der Waals surface area contributed by atoms with Crippen LogP contribution in [0.25, 0.3) is 11.3 Å². The number of pyridine rings is 1. The predicted molar refractivity (Wildman–Crippen MR) is 75.0 cm³/mol. The van der Waals surface area contributed by atoms with Crippen molar-refractivity contribution in [1.82, 2.24) is 4.98 Å². The first kappa shape index (κ1) is 13.4. The fourth-order valence-corrected chi connectivity index (χ4v) is 2.23. The summed E-state index contributed by atoms with van der Waals surface area (Å²) < 4.78 is 0. The maximum Gasteiger partial charge on any atom is 0.0951 e. The highest BCUT2D eigenvalue weighted by Crippen LogP contribution is 2.37. The van der Waals surface area contributed by atoms with Crippen LogP contribution in [0, 0.1) is 0 Å². The zero-order valence-corrected chi connectivity index (χ0v) is 11.4. The van der Waals surface area contributed by atoms with Gasteiger partial charge in [0.25, 0.3) is 0 Å². The Morgan fingerprint density at radius 3 is 2.56 bits per heavy atom. The second-order valence-electron chi connectivity index (χ2n) is 3.65. The van der Waals surface area contributed by atoms with Crippen LogP contribution in [0.4, 0.5) is 5.69 Å². The number of aliphatic hydroxyl groups excluding tert-OH is 1. The van der Waals surface area contributed by atoms with Gasteiger partial charge in [0.15, 0.2) is 0 Å². The van der Waals surface area contributed by atoms with Gasteiger partial charge in [0.2, 0.25) is 0 Å². The molecule has 0 spiro atoms. The molecule has 0 atom stereocenters. The largest absolute Gasteiger partial charge is 0.397 e. The van der Waals surface area contributed by atoms with Gasteiger partial charge in [-0.15, -0.1) is 0 Å². The van der Waals surface area contributed by atoms with Gasteiger partial charge in [0.05, 0.1) is 33.7 Å². The second-order valence-corrected chi connectivity index (χ2v) is 4.87. The number of benzene rings is 1. The van der Waals surface area contributed by atoms with Crippen molar-refractivity contribution in [3.8, 4) is 11.3 Å². The molecular formula is C12H9Cl3N2O. The molecule has 2 aromatic rings. The summed E-state index contributed by atoms with van der Waals surface area (Å²) >= 11 is 18.0. The van der Waals surface area contributed by atoms with Gasteiger partial charge >= 0.3 is 0 Å². The van der Waals surface area contributed by atoms with E-state index < -0.39 is 0 Å². The molecule has 94 valence electrons. The van der Waals surface area contributed by atoms with E-state index in [0.717, 1.165) is 0 Å².